The van der Waals surface area contributed by atoms with E-state index in [1.165, 1.54) is 10.6 Å². The zero-order valence-corrected chi connectivity index (χ0v) is 10.5. The Labute approximate surface area is 99.6 Å². The Morgan fingerprint density at radius 1 is 1.19 bits per heavy atom. The standard InChI is InChI=1S/C13H15NOS/c1-8(2)12-9(3)16-13(14-12)10-4-6-11(15)7-5-10/h4-8,15H,1-3H3. The number of nitrogens with zero attached hydrogens (tertiary/aromatic N) is 1. The van der Waals surface area contributed by atoms with Crippen LogP contribution in [0.5, 0.6) is 5.75 Å². The molecule has 0 unspecified atom stereocenters. The van der Waals surface area contributed by atoms with E-state index < -0.39 is 0 Å². The Hall–Kier alpha value is -1.35. The van der Waals surface area contributed by atoms with Gasteiger partial charge in [-0.1, -0.05) is 13.8 Å². The van der Waals surface area contributed by atoms with Crippen LogP contribution in [0.2, 0.25) is 0 Å². The Morgan fingerprint density at radius 3 is 2.31 bits per heavy atom. The van der Waals surface area contributed by atoms with Crippen LogP contribution in [-0.2, 0) is 0 Å². The summed E-state index contributed by atoms with van der Waals surface area (Å²) in [6, 6.07) is 7.19. The molecule has 0 aliphatic heterocycles. The van der Waals surface area contributed by atoms with Gasteiger partial charge in [0, 0.05) is 10.4 Å². The van der Waals surface area contributed by atoms with Crippen molar-refractivity contribution in [3.8, 4) is 16.3 Å². The topological polar surface area (TPSA) is 33.1 Å². The smallest absolute Gasteiger partial charge is 0.123 e. The van der Waals surface area contributed by atoms with Crippen molar-refractivity contribution in [3.63, 3.8) is 0 Å². The summed E-state index contributed by atoms with van der Waals surface area (Å²) in [6.07, 6.45) is 0. The first kappa shape index (κ1) is 11.1. The molecule has 0 fully saturated rings. The molecule has 1 aromatic heterocycles. The third-order valence-corrected chi connectivity index (χ3v) is 3.53. The molecule has 0 bridgehead atoms. The predicted octanol–water partition coefficient (Wildman–Crippen LogP) is 3.95. The van der Waals surface area contributed by atoms with Crippen molar-refractivity contribution >= 4 is 11.3 Å². The van der Waals surface area contributed by atoms with Crippen LogP contribution in [0, 0.1) is 6.92 Å². The van der Waals surface area contributed by atoms with Crippen LogP contribution in [0.1, 0.15) is 30.3 Å². The highest BCUT2D eigenvalue weighted by molar-refractivity contribution is 7.15. The van der Waals surface area contributed by atoms with Gasteiger partial charge in [-0.15, -0.1) is 11.3 Å². The molecular formula is C13H15NOS. The molecular weight excluding hydrogens is 218 g/mol. The molecule has 0 spiro atoms. The van der Waals surface area contributed by atoms with Crippen molar-refractivity contribution in [2.75, 3.05) is 0 Å². The molecule has 16 heavy (non-hydrogen) atoms. The zero-order valence-electron chi connectivity index (χ0n) is 9.69. The molecule has 0 saturated carbocycles. The van der Waals surface area contributed by atoms with Crippen molar-refractivity contribution in [2.24, 2.45) is 0 Å². The number of aromatic hydroxyl groups is 1. The van der Waals surface area contributed by atoms with E-state index in [1.807, 2.05) is 12.1 Å². The monoisotopic (exact) mass is 233 g/mol. The van der Waals surface area contributed by atoms with E-state index in [4.69, 9.17) is 0 Å². The third-order valence-electron chi connectivity index (χ3n) is 2.49. The summed E-state index contributed by atoms with van der Waals surface area (Å²) >= 11 is 1.71. The Balaban J connectivity index is 2.41. The first-order valence-electron chi connectivity index (χ1n) is 5.34. The number of hydrogen-bond donors (Lipinski definition) is 1. The van der Waals surface area contributed by atoms with E-state index in [1.54, 1.807) is 23.5 Å². The zero-order chi connectivity index (χ0) is 11.7. The molecule has 1 N–H and O–H groups in total. The van der Waals surface area contributed by atoms with Crippen molar-refractivity contribution in [1.82, 2.24) is 4.98 Å². The lowest BCUT2D eigenvalue weighted by Crippen LogP contribution is -1.89. The van der Waals surface area contributed by atoms with Gasteiger partial charge in [-0.2, -0.15) is 0 Å². The molecule has 0 amide bonds. The Bertz CT molecular complexity index is 485. The second-order valence-corrected chi connectivity index (χ2v) is 5.37. The Kier molecular flexibility index (Phi) is 2.97. The van der Waals surface area contributed by atoms with Gasteiger partial charge >= 0.3 is 0 Å². The SMILES string of the molecule is Cc1sc(-c2ccc(O)cc2)nc1C(C)C. The van der Waals surface area contributed by atoms with Crippen LogP contribution in [0.25, 0.3) is 10.6 Å². The molecule has 0 aliphatic rings. The van der Waals surface area contributed by atoms with Crippen LogP contribution < -0.4 is 0 Å². The van der Waals surface area contributed by atoms with Gasteiger partial charge in [0.25, 0.3) is 0 Å². The lowest BCUT2D eigenvalue weighted by Gasteiger charge is -2.00. The number of phenolic OH excluding ortho intramolecular Hbond substituents is 1. The average Bonchev–Trinajstić information content (AvgIpc) is 2.61. The number of hydrogen-bond acceptors (Lipinski definition) is 3. The molecule has 3 heteroatoms. The van der Waals surface area contributed by atoms with Gasteiger partial charge in [-0.3, -0.25) is 0 Å². The first-order chi connectivity index (χ1) is 7.58. The molecule has 2 nitrogen and oxygen atoms in total. The fourth-order valence-corrected chi connectivity index (χ4v) is 2.75. The fourth-order valence-electron chi connectivity index (χ4n) is 1.67. The number of aromatic nitrogens is 1. The molecule has 2 rings (SSSR count). The molecule has 1 aromatic carbocycles. The number of phenols is 1. The largest absolute Gasteiger partial charge is 0.508 e. The lowest BCUT2D eigenvalue weighted by atomic mass is 10.1. The van der Waals surface area contributed by atoms with Gasteiger partial charge in [0.05, 0.1) is 5.69 Å². The minimum Gasteiger partial charge on any atom is -0.508 e. The molecule has 0 aliphatic carbocycles. The van der Waals surface area contributed by atoms with Gasteiger partial charge in [0.2, 0.25) is 0 Å². The highest BCUT2D eigenvalue weighted by atomic mass is 32.1. The van der Waals surface area contributed by atoms with Crippen molar-refractivity contribution in [2.45, 2.75) is 26.7 Å². The van der Waals surface area contributed by atoms with Gasteiger partial charge < -0.3 is 5.11 Å². The molecule has 0 atom stereocenters. The maximum atomic E-state index is 9.23. The van der Waals surface area contributed by atoms with Crippen LogP contribution in [0.4, 0.5) is 0 Å². The maximum Gasteiger partial charge on any atom is 0.123 e. The van der Waals surface area contributed by atoms with Gasteiger partial charge in [-0.25, -0.2) is 4.98 Å². The number of benzene rings is 1. The van der Waals surface area contributed by atoms with Crippen molar-refractivity contribution < 1.29 is 5.11 Å². The lowest BCUT2D eigenvalue weighted by molar-refractivity contribution is 0.475. The predicted molar refractivity (Wildman–Crippen MR) is 68.0 cm³/mol. The first-order valence-corrected chi connectivity index (χ1v) is 6.16. The van der Waals surface area contributed by atoms with E-state index in [9.17, 15) is 5.11 Å². The van der Waals surface area contributed by atoms with Crippen LogP contribution in [0.15, 0.2) is 24.3 Å². The van der Waals surface area contributed by atoms with E-state index in [-0.39, 0.29) is 0 Å². The van der Waals surface area contributed by atoms with E-state index >= 15 is 0 Å². The second-order valence-electron chi connectivity index (χ2n) is 4.16. The highest BCUT2D eigenvalue weighted by Crippen LogP contribution is 2.31. The van der Waals surface area contributed by atoms with Crippen LogP contribution in [0.3, 0.4) is 0 Å². The van der Waals surface area contributed by atoms with E-state index in [0.717, 1.165) is 10.6 Å². The van der Waals surface area contributed by atoms with Crippen LogP contribution in [-0.4, -0.2) is 10.1 Å². The molecule has 1 heterocycles. The van der Waals surface area contributed by atoms with Gasteiger partial charge in [0.1, 0.15) is 10.8 Å². The van der Waals surface area contributed by atoms with Crippen molar-refractivity contribution in [3.05, 3.63) is 34.8 Å². The minimum atomic E-state index is 0.293. The third kappa shape index (κ3) is 2.09. The molecule has 84 valence electrons. The molecule has 2 aromatic rings. The quantitative estimate of drug-likeness (QED) is 0.852. The highest BCUT2D eigenvalue weighted by Gasteiger charge is 2.11. The summed E-state index contributed by atoms with van der Waals surface area (Å²) in [4.78, 5) is 5.92. The van der Waals surface area contributed by atoms with E-state index in [0.29, 0.717) is 11.7 Å². The summed E-state index contributed by atoms with van der Waals surface area (Å²) in [5, 5.41) is 10.3. The van der Waals surface area contributed by atoms with Gasteiger partial charge in [0.15, 0.2) is 0 Å². The number of thiazole rings is 1. The molecule has 0 radical (unpaired) electrons. The minimum absolute atomic E-state index is 0.293. The Morgan fingerprint density at radius 2 is 1.81 bits per heavy atom. The number of aryl methyl sites for hydroxylation is 1. The normalized spacial score (nSPS) is 11.0. The van der Waals surface area contributed by atoms with Crippen molar-refractivity contribution in [1.29, 1.82) is 0 Å². The number of rotatable bonds is 2. The summed E-state index contributed by atoms with van der Waals surface area (Å²) in [5.41, 5.74) is 2.24. The summed E-state index contributed by atoms with van der Waals surface area (Å²) in [7, 11) is 0. The summed E-state index contributed by atoms with van der Waals surface area (Å²) in [6.45, 7) is 6.42. The maximum absolute atomic E-state index is 9.23. The molecule has 0 saturated heterocycles. The second kappa shape index (κ2) is 4.26. The average molecular weight is 233 g/mol. The summed E-state index contributed by atoms with van der Waals surface area (Å²) < 4.78 is 0. The fraction of sp³-hybridized carbons (Fsp3) is 0.308. The van der Waals surface area contributed by atoms with E-state index in [2.05, 4.69) is 25.8 Å². The van der Waals surface area contributed by atoms with Crippen LogP contribution >= 0.6 is 11.3 Å². The summed E-state index contributed by atoms with van der Waals surface area (Å²) in [5.74, 6) is 0.753. The van der Waals surface area contributed by atoms with Gasteiger partial charge in [-0.05, 0) is 37.1 Å².